The minimum absolute atomic E-state index is 0. The van der Waals surface area contributed by atoms with E-state index in [2.05, 4.69) is 21.4 Å². The predicted octanol–water partition coefficient (Wildman–Crippen LogP) is 2.35. The molecule has 1 aromatic carbocycles. The van der Waals surface area contributed by atoms with Gasteiger partial charge in [0.1, 0.15) is 12.7 Å². The van der Waals surface area contributed by atoms with Crippen molar-refractivity contribution >= 4 is 5.95 Å². The van der Waals surface area contributed by atoms with Crippen molar-refractivity contribution in [2.75, 3.05) is 11.4 Å². The summed E-state index contributed by atoms with van der Waals surface area (Å²) < 4.78 is 2.06. The second-order valence-corrected chi connectivity index (χ2v) is 8.42. The third-order valence-electron chi connectivity index (χ3n) is 6.10. The average molecular weight is 477 g/mol. The highest BCUT2D eigenvalue weighted by Gasteiger charge is 2.50. The standard InChI is InChI=1S/C25H38N3O.BrH/c1-2-3-4-5-6-7-8-9-10-11-15-21-28-24-26-19-16-20-27(24)22-25(28,29)23-17-13-12-14-18-23;/h12-14,16-20,29H,2-11,15,21-22H2,1H3;1H/q+1;/p-1/t25-;/m1./s1. The molecule has 1 aliphatic rings. The molecule has 0 aliphatic carbocycles. The Kier molecular flexibility index (Phi) is 10.8. The van der Waals surface area contributed by atoms with Crippen LogP contribution < -0.4 is 26.4 Å². The van der Waals surface area contributed by atoms with Crippen molar-refractivity contribution in [1.29, 1.82) is 0 Å². The molecule has 5 heteroatoms. The maximum absolute atomic E-state index is 11.6. The molecule has 2 heterocycles. The molecule has 1 atom stereocenters. The van der Waals surface area contributed by atoms with Crippen molar-refractivity contribution in [3.63, 3.8) is 0 Å². The van der Waals surface area contributed by atoms with E-state index in [-0.39, 0.29) is 17.0 Å². The van der Waals surface area contributed by atoms with Crippen molar-refractivity contribution in [2.24, 2.45) is 0 Å². The summed E-state index contributed by atoms with van der Waals surface area (Å²) in [6, 6.07) is 11.9. The molecule has 0 amide bonds. The molecule has 1 N–H and O–H groups in total. The Morgan fingerprint density at radius 1 is 0.900 bits per heavy atom. The molecule has 0 saturated heterocycles. The topological polar surface area (TPSA) is 40.2 Å². The summed E-state index contributed by atoms with van der Waals surface area (Å²) in [4.78, 5) is 6.65. The van der Waals surface area contributed by atoms with E-state index in [0.29, 0.717) is 6.54 Å². The van der Waals surface area contributed by atoms with Gasteiger partial charge in [-0.3, -0.25) is 0 Å². The van der Waals surface area contributed by atoms with Gasteiger partial charge in [-0.25, -0.2) is 9.47 Å². The molecule has 4 nitrogen and oxygen atoms in total. The lowest BCUT2D eigenvalue weighted by molar-refractivity contribution is -0.685. The van der Waals surface area contributed by atoms with Gasteiger partial charge in [0.05, 0.1) is 12.7 Å². The smallest absolute Gasteiger partial charge is 0.396 e. The molecular formula is C25H38BrN3O. The molecule has 3 rings (SSSR count). The lowest BCUT2D eigenvalue weighted by Gasteiger charge is -2.28. The first-order valence-corrected chi connectivity index (χ1v) is 11.7. The number of hydrogen-bond donors (Lipinski definition) is 1. The molecule has 2 aromatic rings. The first-order chi connectivity index (χ1) is 14.3. The minimum Gasteiger partial charge on any atom is -1.00 e. The second-order valence-electron chi connectivity index (χ2n) is 8.42. The fraction of sp³-hybridized carbons (Fsp3) is 0.600. The van der Waals surface area contributed by atoms with E-state index < -0.39 is 5.72 Å². The van der Waals surface area contributed by atoms with Crippen LogP contribution in [-0.4, -0.2) is 16.6 Å². The molecular weight excluding hydrogens is 438 g/mol. The van der Waals surface area contributed by atoms with Gasteiger partial charge in [0.2, 0.25) is 5.72 Å². The first kappa shape index (κ1) is 24.8. The van der Waals surface area contributed by atoms with Crippen molar-refractivity contribution in [3.05, 3.63) is 54.4 Å². The molecule has 30 heavy (non-hydrogen) atoms. The Bertz CT molecular complexity index is 727. The van der Waals surface area contributed by atoms with Gasteiger partial charge in [0.15, 0.2) is 0 Å². The number of anilines is 1. The summed E-state index contributed by atoms with van der Waals surface area (Å²) in [5.41, 5.74) is -0.0743. The van der Waals surface area contributed by atoms with Crippen LogP contribution in [0.4, 0.5) is 5.95 Å². The zero-order chi connectivity index (χ0) is 20.4. The third-order valence-corrected chi connectivity index (χ3v) is 6.10. The lowest BCUT2D eigenvalue weighted by Crippen LogP contribution is -3.00. The van der Waals surface area contributed by atoms with Gasteiger partial charge >= 0.3 is 5.95 Å². The van der Waals surface area contributed by atoms with Crippen LogP contribution in [0.15, 0.2) is 48.8 Å². The van der Waals surface area contributed by atoms with Crippen LogP contribution >= 0.6 is 0 Å². The summed E-state index contributed by atoms with van der Waals surface area (Å²) in [7, 11) is 0. The van der Waals surface area contributed by atoms with Crippen LogP contribution in [-0.2, 0) is 12.3 Å². The van der Waals surface area contributed by atoms with E-state index in [1.165, 1.54) is 64.2 Å². The second kappa shape index (κ2) is 13.1. The minimum atomic E-state index is -1.01. The summed E-state index contributed by atoms with van der Waals surface area (Å²) in [5.74, 6) is 0.867. The number of aliphatic hydroxyl groups is 1. The summed E-state index contributed by atoms with van der Waals surface area (Å²) in [6.07, 6.45) is 18.4. The quantitative estimate of drug-likeness (QED) is 0.357. The predicted molar refractivity (Wildman–Crippen MR) is 119 cm³/mol. The molecule has 0 unspecified atom stereocenters. The molecule has 0 radical (unpaired) electrons. The van der Waals surface area contributed by atoms with Crippen molar-refractivity contribution in [2.45, 2.75) is 89.8 Å². The fourth-order valence-corrected chi connectivity index (χ4v) is 4.40. The van der Waals surface area contributed by atoms with Crippen molar-refractivity contribution < 1.29 is 26.7 Å². The number of nitrogens with zero attached hydrogens (tertiary/aromatic N) is 3. The molecule has 0 spiro atoms. The number of benzene rings is 1. The zero-order valence-corrected chi connectivity index (χ0v) is 20.1. The van der Waals surface area contributed by atoms with Crippen molar-refractivity contribution in [3.8, 4) is 0 Å². The molecule has 0 bridgehead atoms. The highest BCUT2D eigenvalue weighted by atomic mass is 79.9. The Morgan fingerprint density at radius 3 is 2.13 bits per heavy atom. The van der Waals surface area contributed by atoms with E-state index in [1.54, 1.807) is 0 Å². The highest BCUT2D eigenvalue weighted by molar-refractivity contribution is 5.37. The molecule has 0 saturated carbocycles. The largest absolute Gasteiger partial charge is 1.00 e. The molecule has 1 aliphatic heterocycles. The van der Waals surface area contributed by atoms with E-state index in [1.807, 2.05) is 48.8 Å². The van der Waals surface area contributed by atoms with Crippen LogP contribution in [0.5, 0.6) is 0 Å². The maximum Gasteiger partial charge on any atom is 0.396 e. The van der Waals surface area contributed by atoms with E-state index in [0.717, 1.165) is 24.5 Å². The number of rotatable bonds is 13. The molecule has 1 aromatic heterocycles. The Labute approximate surface area is 193 Å². The average Bonchev–Trinajstić information content (AvgIpc) is 3.05. The Morgan fingerprint density at radius 2 is 1.50 bits per heavy atom. The van der Waals surface area contributed by atoms with E-state index in [4.69, 9.17) is 0 Å². The van der Waals surface area contributed by atoms with E-state index >= 15 is 0 Å². The summed E-state index contributed by atoms with van der Waals surface area (Å²) >= 11 is 0. The van der Waals surface area contributed by atoms with Gasteiger partial charge in [-0.05, 0) is 6.42 Å². The number of unbranched alkanes of at least 4 members (excludes halogenated alkanes) is 10. The molecule has 0 fully saturated rings. The first-order valence-electron chi connectivity index (χ1n) is 11.7. The van der Waals surface area contributed by atoms with Crippen LogP contribution in [0.25, 0.3) is 0 Å². The van der Waals surface area contributed by atoms with Gasteiger partial charge < -0.3 is 22.1 Å². The normalized spacial score (nSPS) is 17.6. The zero-order valence-electron chi connectivity index (χ0n) is 18.5. The summed E-state index contributed by atoms with van der Waals surface area (Å²) in [5, 5.41) is 11.6. The molecule has 166 valence electrons. The Balaban J connectivity index is 0.00000320. The fourth-order valence-electron chi connectivity index (χ4n) is 4.40. The Hall–Kier alpha value is -1.46. The number of halogens is 1. The van der Waals surface area contributed by atoms with Gasteiger partial charge in [0, 0.05) is 11.6 Å². The number of fused-ring (bicyclic) bond motifs is 1. The highest BCUT2D eigenvalue weighted by Crippen LogP contribution is 2.33. The van der Waals surface area contributed by atoms with Crippen LogP contribution in [0.2, 0.25) is 0 Å². The lowest BCUT2D eigenvalue weighted by atomic mass is 10.0. The third kappa shape index (κ3) is 6.52. The van der Waals surface area contributed by atoms with Crippen LogP contribution in [0.1, 0.15) is 83.1 Å². The SMILES string of the molecule is CCCCCCCCCCCCCN1c2nccc[n+]2C[C@@]1(O)c1ccccc1.[Br-]. The number of aromatic nitrogens is 2. The number of hydrogen-bond acceptors (Lipinski definition) is 3. The van der Waals surface area contributed by atoms with Crippen LogP contribution in [0, 0.1) is 0 Å². The van der Waals surface area contributed by atoms with Gasteiger partial charge in [-0.2, -0.15) is 0 Å². The van der Waals surface area contributed by atoms with Crippen LogP contribution in [0.3, 0.4) is 0 Å². The van der Waals surface area contributed by atoms with Gasteiger partial charge in [-0.1, -0.05) is 106 Å². The van der Waals surface area contributed by atoms with E-state index in [9.17, 15) is 5.11 Å². The summed E-state index contributed by atoms with van der Waals surface area (Å²) in [6.45, 7) is 3.63. The monoisotopic (exact) mass is 475 g/mol. The van der Waals surface area contributed by atoms with Gasteiger partial charge in [0.25, 0.3) is 0 Å². The van der Waals surface area contributed by atoms with Crippen molar-refractivity contribution in [1.82, 2.24) is 4.98 Å². The van der Waals surface area contributed by atoms with Gasteiger partial charge in [-0.15, -0.1) is 0 Å². The maximum atomic E-state index is 11.6.